The van der Waals surface area contributed by atoms with Gasteiger partial charge in [-0.15, -0.1) is 22.7 Å². The molecular weight excluding hydrogens is 440 g/mol. The monoisotopic (exact) mass is 456 g/mol. The van der Waals surface area contributed by atoms with E-state index < -0.39 is 0 Å². The second-order valence-corrected chi connectivity index (χ2v) is 8.76. The molecule has 0 saturated carbocycles. The largest absolute Gasteiger partial charge is 0.321 e. The Labute approximate surface area is 192 Å². The van der Waals surface area contributed by atoms with E-state index in [4.69, 9.17) is 0 Å². The standard InChI is InChI=1S/2C12H8N2OS/c2*15-12-10(5-8-6-13-7-16-8)9-3-1-2-4-11(9)14-12/h2*1-7H,(H,14,15). The van der Waals surface area contributed by atoms with Crippen molar-refractivity contribution >= 4 is 69.2 Å². The number of thiazole rings is 2. The van der Waals surface area contributed by atoms with Crippen LogP contribution in [0.2, 0.25) is 0 Å². The summed E-state index contributed by atoms with van der Waals surface area (Å²) in [6.45, 7) is 0. The number of amides is 2. The second-order valence-electron chi connectivity index (χ2n) is 6.92. The summed E-state index contributed by atoms with van der Waals surface area (Å²) in [6.07, 6.45) is 7.26. The maximum absolute atomic E-state index is 11.8. The molecule has 0 fully saturated rings. The summed E-state index contributed by atoms with van der Waals surface area (Å²) in [5, 5.41) is 5.67. The first-order chi connectivity index (χ1) is 15.7. The lowest BCUT2D eigenvalue weighted by atomic mass is 10.1. The fourth-order valence-corrected chi connectivity index (χ4v) is 4.54. The molecule has 0 atom stereocenters. The summed E-state index contributed by atoms with van der Waals surface area (Å²) in [7, 11) is 0. The minimum atomic E-state index is -0.0467. The third-order valence-corrected chi connectivity index (χ3v) is 6.34. The first-order valence-electron chi connectivity index (χ1n) is 9.71. The molecule has 6 rings (SSSR count). The molecule has 6 nitrogen and oxygen atoms in total. The first-order valence-corrected chi connectivity index (χ1v) is 11.5. The molecule has 2 aliphatic rings. The molecule has 0 aliphatic carbocycles. The van der Waals surface area contributed by atoms with Crippen LogP contribution in [-0.4, -0.2) is 21.8 Å². The Balaban J connectivity index is 0.000000135. The highest BCUT2D eigenvalue weighted by molar-refractivity contribution is 7.10. The van der Waals surface area contributed by atoms with Gasteiger partial charge in [0.15, 0.2) is 0 Å². The summed E-state index contributed by atoms with van der Waals surface area (Å²) in [5.41, 5.74) is 8.60. The first kappa shape index (κ1) is 20.0. The van der Waals surface area contributed by atoms with Crippen LogP contribution >= 0.6 is 22.7 Å². The summed E-state index contributed by atoms with van der Waals surface area (Å²) in [5.74, 6) is -0.0933. The Hall–Kier alpha value is -3.88. The molecule has 0 bridgehead atoms. The van der Waals surface area contributed by atoms with E-state index >= 15 is 0 Å². The number of fused-ring (bicyclic) bond motifs is 2. The van der Waals surface area contributed by atoms with Crippen molar-refractivity contribution < 1.29 is 9.59 Å². The molecule has 8 heteroatoms. The average Bonchev–Trinajstić information content (AvgIpc) is 3.59. The number of hydrogen-bond acceptors (Lipinski definition) is 6. The van der Waals surface area contributed by atoms with Gasteiger partial charge in [0.25, 0.3) is 11.8 Å². The van der Waals surface area contributed by atoms with E-state index in [-0.39, 0.29) is 11.8 Å². The van der Waals surface area contributed by atoms with E-state index in [9.17, 15) is 9.59 Å². The molecule has 2 N–H and O–H groups in total. The van der Waals surface area contributed by atoms with Crippen molar-refractivity contribution in [1.29, 1.82) is 0 Å². The maximum atomic E-state index is 11.8. The zero-order valence-corrected chi connectivity index (χ0v) is 18.2. The number of benzene rings is 2. The third-order valence-electron chi connectivity index (χ3n) is 4.90. The molecule has 2 aromatic heterocycles. The Morgan fingerprint density at radius 3 is 1.50 bits per heavy atom. The Morgan fingerprint density at radius 2 is 1.09 bits per heavy atom. The van der Waals surface area contributed by atoms with Gasteiger partial charge >= 0.3 is 0 Å². The van der Waals surface area contributed by atoms with Gasteiger partial charge in [-0.05, 0) is 24.3 Å². The number of carbonyl (C=O) groups excluding carboxylic acids is 2. The second kappa shape index (κ2) is 8.70. The van der Waals surface area contributed by atoms with Gasteiger partial charge in [0.2, 0.25) is 0 Å². The molecule has 32 heavy (non-hydrogen) atoms. The maximum Gasteiger partial charge on any atom is 0.256 e. The van der Waals surface area contributed by atoms with Crippen LogP contribution in [0.15, 0.2) is 71.9 Å². The quantitative estimate of drug-likeness (QED) is 0.403. The van der Waals surface area contributed by atoms with Crippen LogP contribution in [0.5, 0.6) is 0 Å². The lowest BCUT2D eigenvalue weighted by Gasteiger charge is -1.95. The summed E-state index contributed by atoms with van der Waals surface area (Å²) < 4.78 is 0. The van der Waals surface area contributed by atoms with Crippen molar-refractivity contribution in [2.24, 2.45) is 0 Å². The molecule has 2 aromatic carbocycles. The number of carbonyl (C=O) groups is 2. The number of nitrogens with one attached hydrogen (secondary N) is 2. The minimum absolute atomic E-state index is 0.0467. The van der Waals surface area contributed by atoms with Gasteiger partial charge in [0.1, 0.15) is 0 Å². The van der Waals surface area contributed by atoms with Crippen molar-refractivity contribution in [1.82, 2.24) is 9.97 Å². The van der Waals surface area contributed by atoms with Gasteiger partial charge in [-0.25, -0.2) is 0 Å². The predicted molar refractivity (Wildman–Crippen MR) is 130 cm³/mol. The number of para-hydroxylation sites is 2. The van der Waals surface area contributed by atoms with Crippen LogP contribution in [0.25, 0.3) is 23.3 Å². The van der Waals surface area contributed by atoms with Crippen LogP contribution in [-0.2, 0) is 9.59 Å². The van der Waals surface area contributed by atoms with Crippen LogP contribution in [0.3, 0.4) is 0 Å². The smallest absolute Gasteiger partial charge is 0.256 e. The molecule has 2 amide bonds. The van der Waals surface area contributed by atoms with Crippen molar-refractivity contribution in [3.05, 3.63) is 92.8 Å². The summed E-state index contributed by atoms with van der Waals surface area (Å²) in [6, 6.07) is 15.4. The highest BCUT2D eigenvalue weighted by atomic mass is 32.1. The molecule has 4 heterocycles. The SMILES string of the molecule is O=C1Nc2ccccc2C1=Cc1cncs1.O=C1Nc2ccccc2C1=Cc1cncs1. The van der Waals surface area contributed by atoms with Crippen LogP contribution in [0.4, 0.5) is 11.4 Å². The minimum Gasteiger partial charge on any atom is -0.321 e. The third kappa shape index (κ3) is 4.01. The van der Waals surface area contributed by atoms with Gasteiger partial charge in [-0.3, -0.25) is 19.6 Å². The fraction of sp³-hybridized carbons (Fsp3) is 0. The van der Waals surface area contributed by atoms with E-state index in [0.29, 0.717) is 11.1 Å². The number of rotatable bonds is 2. The molecule has 0 radical (unpaired) electrons. The van der Waals surface area contributed by atoms with Crippen molar-refractivity contribution in [3.8, 4) is 0 Å². The van der Waals surface area contributed by atoms with E-state index in [1.807, 2.05) is 60.7 Å². The molecule has 4 aromatic rings. The van der Waals surface area contributed by atoms with Crippen molar-refractivity contribution in [3.63, 3.8) is 0 Å². The summed E-state index contributed by atoms with van der Waals surface area (Å²) >= 11 is 3.04. The Bertz CT molecular complexity index is 1250. The van der Waals surface area contributed by atoms with Crippen LogP contribution in [0.1, 0.15) is 20.9 Å². The van der Waals surface area contributed by atoms with Crippen molar-refractivity contribution in [2.75, 3.05) is 10.6 Å². The van der Waals surface area contributed by atoms with Gasteiger partial charge < -0.3 is 10.6 Å². The molecular formula is C24H16N4O2S2. The van der Waals surface area contributed by atoms with Gasteiger partial charge in [-0.1, -0.05) is 36.4 Å². The van der Waals surface area contributed by atoms with Gasteiger partial charge in [0, 0.05) is 44.6 Å². The normalized spacial score (nSPS) is 16.2. The van der Waals surface area contributed by atoms with E-state index in [1.165, 1.54) is 22.7 Å². The molecule has 0 spiro atoms. The number of anilines is 2. The lowest BCUT2D eigenvalue weighted by Crippen LogP contribution is -2.03. The number of nitrogens with zero attached hydrogens (tertiary/aromatic N) is 2. The zero-order valence-electron chi connectivity index (χ0n) is 16.6. The fourth-order valence-electron chi connectivity index (χ4n) is 3.44. The molecule has 156 valence electrons. The number of hydrogen-bond donors (Lipinski definition) is 2. The molecule has 2 aliphatic heterocycles. The van der Waals surface area contributed by atoms with Crippen molar-refractivity contribution in [2.45, 2.75) is 0 Å². The Kier molecular flexibility index (Phi) is 5.45. The van der Waals surface area contributed by atoms with Gasteiger partial charge in [-0.2, -0.15) is 0 Å². The molecule has 0 saturated heterocycles. The number of aromatic nitrogens is 2. The van der Waals surface area contributed by atoms with Gasteiger partial charge in [0.05, 0.1) is 22.2 Å². The lowest BCUT2D eigenvalue weighted by molar-refractivity contribution is -0.111. The predicted octanol–water partition coefficient (Wildman–Crippen LogP) is 5.27. The Morgan fingerprint density at radius 1 is 0.656 bits per heavy atom. The summed E-state index contributed by atoms with van der Waals surface area (Å²) in [4.78, 5) is 33.5. The van der Waals surface area contributed by atoms with E-state index in [2.05, 4.69) is 20.6 Å². The topological polar surface area (TPSA) is 84.0 Å². The van der Waals surface area contributed by atoms with E-state index in [0.717, 1.165) is 32.3 Å². The van der Waals surface area contributed by atoms with Crippen LogP contribution < -0.4 is 10.6 Å². The molecule has 0 unspecified atom stereocenters. The van der Waals surface area contributed by atoms with E-state index in [1.54, 1.807) is 23.4 Å². The average molecular weight is 457 g/mol. The highest BCUT2D eigenvalue weighted by Crippen LogP contribution is 2.34. The van der Waals surface area contributed by atoms with Crippen LogP contribution in [0, 0.1) is 0 Å². The zero-order chi connectivity index (χ0) is 21.9. The highest BCUT2D eigenvalue weighted by Gasteiger charge is 2.24.